The molecule has 0 aromatic rings. The number of ether oxygens (including phenoxy) is 1. The van der Waals surface area contributed by atoms with E-state index in [1.807, 2.05) is 0 Å². The van der Waals surface area contributed by atoms with Gasteiger partial charge in [-0.05, 0) is 12.2 Å². The van der Waals surface area contributed by atoms with Crippen molar-refractivity contribution in [2.45, 2.75) is 12.5 Å². The highest BCUT2D eigenvalue weighted by Gasteiger charge is 2.34. The molecule has 0 aliphatic carbocycles. The molecule has 0 saturated carbocycles. The molecule has 0 spiro atoms. The van der Waals surface area contributed by atoms with Gasteiger partial charge < -0.3 is 9.64 Å². The average molecular weight is 402 g/mol. The summed E-state index contributed by atoms with van der Waals surface area (Å²) in [5, 5.41) is 0. The Labute approximate surface area is 155 Å². The summed E-state index contributed by atoms with van der Waals surface area (Å²) in [5.74, 6) is -0.0364. The highest BCUT2D eigenvalue weighted by Crippen LogP contribution is 2.28. The largest absolute Gasteiger partial charge is 0.486 e. The van der Waals surface area contributed by atoms with Gasteiger partial charge in [-0.25, -0.2) is 12.6 Å². The Kier molecular flexibility index (Phi) is 6.79. The number of morpholine rings is 1. The molecule has 8 nitrogen and oxygen atoms in total. The second-order valence-corrected chi connectivity index (χ2v) is 9.03. The van der Waals surface area contributed by atoms with Crippen molar-refractivity contribution in [3.63, 3.8) is 0 Å². The maximum atomic E-state index is 12.4. The van der Waals surface area contributed by atoms with E-state index in [-0.39, 0.29) is 43.5 Å². The third kappa shape index (κ3) is 5.05. The van der Waals surface area contributed by atoms with Crippen LogP contribution >= 0.6 is 0 Å². The second kappa shape index (κ2) is 8.65. The molecule has 2 aliphatic rings. The molecule has 2 aliphatic heterocycles. The summed E-state index contributed by atoms with van der Waals surface area (Å²) in [6, 6.07) is 0. The molecule has 2 unspecified atom stereocenters. The van der Waals surface area contributed by atoms with Crippen molar-refractivity contribution in [1.29, 1.82) is 0 Å². The molecule has 144 valence electrons. The van der Waals surface area contributed by atoms with E-state index in [0.29, 0.717) is 11.5 Å². The fourth-order valence-corrected chi connectivity index (χ4v) is 4.55. The first-order valence-corrected chi connectivity index (χ1v) is 10.8. The predicted octanol–water partition coefficient (Wildman–Crippen LogP) is 0.611. The third-order valence-corrected chi connectivity index (χ3v) is 6.35. The predicted molar refractivity (Wildman–Crippen MR) is 98.8 cm³/mol. The second-order valence-electron chi connectivity index (χ2n) is 5.82. The molecule has 0 aromatic carbocycles. The van der Waals surface area contributed by atoms with Crippen LogP contribution in [0.2, 0.25) is 0 Å². The number of carbonyl (C=O) groups is 1. The summed E-state index contributed by atoms with van der Waals surface area (Å²) < 4.78 is 51.2. The van der Waals surface area contributed by atoms with Crippen LogP contribution in [-0.2, 0) is 30.6 Å². The molecule has 0 bridgehead atoms. The van der Waals surface area contributed by atoms with Crippen LogP contribution in [0.1, 0.15) is 6.42 Å². The zero-order valence-electron chi connectivity index (χ0n) is 14.2. The average Bonchev–Trinajstić information content (AvgIpc) is 2.56. The van der Waals surface area contributed by atoms with Gasteiger partial charge in [-0.15, -0.1) is 0 Å². The summed E-state index contributed by atoms with van der Waals surface area (Å²) in [6.07, 6.45) is 5.35. The Hall–Kier alpha value is -1.91. The van der Waals surface area contributed by atoms with Gasteiger partial charge in [0.25, 0.3) is 11.3 Å². The fraction of sp³-hybridized carbons (Fsp3) is 0.438. The van der Waals surface area contributed by atoms with E-state index in [0.717, 1.165) is 0 Å². The summed E-state index contributed by atoms with van der Waals surface area (Å²) in [6.45, 7) is 7.52. The first kappa shape index (κ1) is 20.4. The molecule has 2 rings (SSSR count). The van der Waals surface area contributed by atoms with E-state index in [1.165, 1.54) is 27.4 Å². The van der Waals surface area contributed by atoms with Gasteiger partial charge in [0.1, 0.15) is 11.9 Å². The lowest BCUT2D eigenvalue weighted by molar-refractivity contribution is -0.133. The third-order valence-electron chi connectivity index (χ3n) is 4.02. The van der Waals surface area contributed by atoms with Crippen LogP contribution in [0.5, 0.6) is 0 Å². The first-order valence-electron chi connectivity index (χ1n) is 7.96. The van der Waals surface area contributed by atoms with Crippen LogP contribution in [0.15, 0.2) is 48.9 Å². The number of allylic oxidation sites excluding steroid dienone is 4. The monoisotopic (exact) mass is 402 g/mol. The lowest BCUT2D eigenvalue weighted by atomic mass is 10.1. The van der Waals surface area contributed by atoms with Crippen LogP contribution in [0.4, 0.5) is 0 Å². The molecule has 2 saturated heterocycles. The Balaban J connectivity index is 2.12. The van der Waals surface area contributed by atoms with Crippen LogP contribution in [0, 0.1) is 0 Å². The van der Waals surface area contributed by atoms with Crippen molar-refractivity contribution in [1.82, 2.24) is 9.21 Å². The lowest BCUT2D eigenvalue weighted by Crippen LogP contribution is -2.47. The Morgan fingerprint density at radius 1 is 1.27 bits per heavy atom. The standard InChI is InChI=1S/C16H22N2O6S2/c1-3-5-14-15(6-4-2)24-13(12-18(14)25(20)21)11-16(19)17-7-9-26(22,23)10-8-17/h3-6,13H,1-2,7-12H2,(H,20,21)/b14-5+,15-6+. The van der Waals surface area contributed by atoms with Gasteiger partial charge in [0, 0.05) is 13.1 Å². The number of hydrogen-bond acceptors (Lipinski definition) is 5. The van der Waals surface area contributed by atoms with E-state index in [1.54, 1.807) is 6.08 Å². The van der Waals surface area contributed by atoms with Crippen molar-refractivity contribution in [3.05, 3.63) is 48.9 Å². The van der Waals surface area contributed by atoms with Gasteiger partial charge >= 0.3 is 0 Å². The first-order chi connectivity index (χ1) is 12.3. The van der Waals surface area contributed by atoms with E-state index < -0.39 is 27.2 Å². The summed E-state index contributed by atoms with van der Waals surface area (Å²) in [5.41, 5.74) is 0.369. The van der Waals surface area contributed by atoms with Crippen molar-refractivity contribution < 1.29 is 26.7 Å². The highest BCUT2D eigenvalue weighted by molar-refractivity contribution is 7.91. The quantitative estimate of drug-likeness (QED) is 0.676. The smallest absolute Gasteiger partial charge is 0.262 e. The van der Waals surface area contributed by atoms with Crippen molar-refractivity contribution in [2.75, 3.05) is 31.1 Å². The van der Waals surface area contributed by atoms with E-state index in [4.69, 9.17) is 4.74 Å². The van der Waals surface area contributed by atoms with E-state index in [2.05, 4.69) is 13.2 Å². The minimum absolute atomic E-state index is 0.0242. The van der Waals surface area contributed by atoms with Gasteiger partial charge in [0.2, 0.25) is 5.91 Å². The Morgan fingerprint density at radius 3 is 2.42 bits per heavy atom. The van der Waals surface area contributed by atoms with Crippen LogP contribution < -0.4 is 0 Å². The van der Waals surface area contributed by atoms with E-state index in [9.17, 15) is 22.0 Å². The molecule has 0 aromatic heterocycles. The minimum atomic E-state index is -3.08. The van der Waals surface area contributed by atoms with Gasteiger partial charge in [-0.3, -0.25) is 13.7 Å². The molecule has 0 radical (unpaired) electrons. The SMILES string of the molecule is C=C/C=C1/OC(CC(=O)N2CCS(=O)(=O)CC2)CN(S(=O)O)/C1=C/C=C. The van der Waals surface area contributed by atoms with Crippen molar-refractivity contribution in [2.24, 2.45) is 0 Å². The molecule has 1 N–H and O–H groups in total. The maximum Gasteiger partial charge on any atom is 0.262 e. The fourth-order valence-electron chi connectivity index (χ4n) is 2.73. The highest BCUT2D eigenvalue weighted by atomic mass is 32.2. The molecular formula is C16H22N2O6S2. The zero-order valence-corrected chi connectivity index (χ0v) is 15.9. The molecule has 2 fully saturated rings. The number of rotatable bonds is 5. The molecular weight excluding hydrogens is 380 g/mol. The number of nitrogens with zero attached hydrogens (tertiary/aromatic N) is 2. The van der Waals surface area contributed by atoms with Crippen molar-refractivity contribution >= 4 is 27.0 Å². The Morgan fingerprint density at radius 2 is 1.88 bits per heavy atom. The van der Waals surface area contributed by atoms with Gasteiger partial charge in [0.15, 0.2) is 9.84 Å². The maximum absolute atomic E-state index is 12.4. The van der Waals surface area contributed by atoms with Crippen LogP contribution in [0.25, 0.3) is 0 Å². The lowest BCUT2D eigenvalue weighted by Gasteiger charge is -2.36. The number of hydrogen-bond donors (Lipinski definition) is 1. The normalized spacial score (nSPS) is 27.0. The number of sulfone groups is 1. The molecule has 1 amide bonds. The molecule has 2 atom stereocenters. The van der Waals surface area contributed by atoms with Gasteiger partial charge in [0.05, 0.1) is 30.2 Å². The molecule has 26 heavy (non-hydrogen) atoms. The van der Waals surface area contributed by atoms with Crippen LogP contribution in [-0.4, -0.2) is 69.5 Å². The minimum Gasteiger partial charge on any atom is -0.486 e. The zero-order chi connectivity index (χ0) is 19.3. The molecule has 2 heterocycles. The van der Waals surface area contributed by atoms with Crippen molar-refractivity contribution in [3.8, 4) is 0 Å². The number of amides is 1. The number of carbonyl (C=O) groups excluding carboxylic acids is 1. The summed E-state index contributed by atoms with van der Waals surface area (Å²) in [4.78, 5) is 13.9. The summed E-state index contributed by atoms with van der Waals surface area (Å²) in [7, 11) is -3.08. The van der Waals surface area contributed by atoms with E-state index >= 15 is 0 Å². The topological polar surface area (TPSA) is 104 Å². The van der Waals surface area contributed by atoms with Gasteiger partial charge in [-0.1, -0.05) is 25.3 Å². The summed E-state index contributed by atoms with van der Waals surface area (Å²) >= 11 is -2.30. The van der Waals surface area contributed by atoms with Gasteiger partial charge in [-0.2, -0.15) is 0 Å². The molecule has 10 heteroatoms. The van der Waals surface area contributed by atoms with Crippen LogP contribution in [0.3, 0.4) is 0 Å². The Bertz CT molecular complexity index is 758.